The summed E-state index contributed by atoms with van der Waals surface area (Å²) in [5.74, 6) is 1.15. The van der Waals surface area contributed by atoms with Crippen LogP contribution in [0.2, 0.25) is 0 Å². The second-order valence-corrected chi connectivity index (χ2v) is 9.42. The van der Waals surface area contributed by atoms with Crippen molar-refractivity contribution in [3.63, 3.8) is 0 Å². The van der Waals surface area contributed by atoms with Gasteiger partial charge in [0.1, 0.15) is 23.3 Å². The summed E-state index contributed by atoms with van der Waals surface area (Å²) < 4.78 is 17.2. The van der Waals surface area contributed by atoms with Gasteiger partial charge in [-0.1, -0.05) is 47.3 Å². The molecular weight excluding hydrogens is 500 g/mol. The minimum absolute atomic E-state index is 0.140. The van der Waals surface area contributed by atoms with Gasteiger partial charge in [-0.15, -0.1) is 0 Å². The molecule has 1 fully saturated rings. The van der Waals surface area contributed by atoms with E-state index in [9.17, 15) is 9.59 Å². The first-order valence-corrected chi connectivity index (χ1v) is 12.4. The lowest BCUT2D eigenvalue weighted by molar-refractivity contribution is -0.142. The van der Waals surface area contributed by atoms with E-state index >= 15 is 0 Å². The number of rotatable bonds is 10. The highest BCUT2D eigenvalue weighted by Crippen LogP contribution is 2.27. The molecule has 1 aliphatic rings. The highest BCUT2D eigenvalue weighted by molar-refractivity contribution is 9.10. The van der Waals surface area contributed by atoms with Crippen LogP contribution >= 0.6 is 15.9 Å². The van der Waals surface area contributed by atoms with E-state index in [-0.39, 0.29) is 24.5 Å². The Labute approximate surface area is 209 Å². The van der Waals surface area contributed by atoms with E-state index < -0.39 is 6.04 Å². The first-order valence-electron chi connectivity index (χ1n) is 11.6. The van der Waals surface area contributed by atoms with Gasteiger partial charge in [0.2, 0.25) is 5.91 Å². The van der Waals surface area contributed by atoms with E-state index in [2.05, 4.69) is 21.2 Å². The maximum Gasteiger partial charge on any atom is 0.261 e. The fourth-order valence-electron chi connectivity index (χ4n) is 4.08. The molecule has 2 amide bonds. The van der Waals surface area contributed by atoms with E-state index in [0.29, 0.717) is 23.8 Å². The molecule has 1 N–H and O–H groups in total. The molecule has 7 nitrogen and oxygen atoms in total. The van der Waals surface area contributed by atoms with Crippen LogP contribution in [0.25, 0.3) is 0 Å². The van der Waals surface area contributed by atoms with Crippen molar-refractivity contribution >= 4 is 27.7 Å². The van der Waals surface area contributed by atoms with Crippen LogP contribution in [0.4, 0.5) is 0 Å². The van der Waals surface area contributed by atoms with Crippen LogP contribution in [0.5, 0.6) is 17.2 Å². The van der Waals surface area contributed by atoms with Crippen molar-refractivity contribution in [1.82, 2.24) is 10.2 Å². The lowest BCUT2D eigenvalue weighted by Gasteiger charge is -2.31. The summed E-state index contributed by atoms with van der Waals surface area (Å²) >= 11 is 3.48. The Bertz CT molecular complexity index is 955. The third kappa shape index (κ3) is 7.38. The van der Waals surface area contributed by atoms with E-state index in [1.807, 2.05) is 24.3 Å². The zero-order valence-electron chi connectivity index (χ0n) is 20.0. The molecule has 0 aromatic heterocycles. The van der Waals surface area contributed by atoms with Gasteiger partial charge in [-0.25, -0.2) is 0 Å². The fraction of sp³-hybridized carbons (Fsp3) is 0.462. The van der Waals surface area contributed by atoms with Gasteiger partial charge in [0, 0.05) is 35.3 Å². The highest BCUT2D eigenvalue weighted by atomic mass is 79.9. The number of carbonyl (C=O) groups excluding carboxylic acids is 2. The first kappa shape index (κ1) is 25.9. The van der Waals surface area contributed by atoms with Crippen LogP contribution in [-0.4, -0.2) is 49.6 Å². The van der Waals surface area contributed by atoms with Crippen molar-refractivity contribution in [3.05, 3.63) is 52.5 Å². The van der Waals surface area contributed by atoms with E-state index in [1.54, 1.807) is 44.2 Å². The zero-order chi connectivity index (χ0) is 24.5. The molecule has 34 heavy (non-hydrogen) atoms. The lowest BCUT2D eigenvalue weighted by Crippen LogP contribution is -2.51. The quantitative estimate of drug-likeness (QED) is 0.479. The number of halogens is 1. The second kappa shape index (κ2) is 12.6. The van der Waals surface area contributed by atoms with Gasteiger partial charge >= 0.3 is 0 Å². The third-order valence-corrected chi connectivity index (χ3v) is 6.54. The van der Waals surface area contributed by atoms with Crippen LogP contribution in [0.15, 0.2) is 46.9 Å². The predicted molar refractivity (Wildman–Crippen MR) is 134 cm³/mol. The molecule has 0 spiro atoms. The summed E-state index contributed by atoms with van der Waals surface area (Å²) in [6, 6.07) is 12.4. The monoisotopic (exact) mass is 532 g/mol. The molecule has 0 saturated heterocycles. The summed E-state index contributed by atoms with van der Waals surface area (Å²) in [5, 5.41) is 3.14. The first-order chi connectivity index (χ1) is 16.4. The largest absolute Gasteiger partial charge is 0.496 e. The number of hydrogen-bond acceptors (Lipinski definition) is 5. The molecule has 2 aromatic carbocycles. The molecule has 1 atom stereocenters. The van der Waals surface area contributed by atoms with Crippen molar-refractivity contribution in [2.24, 2.45) is 0 Å². The summed E-state index contributed by atoms with van der Waals surface area (Å²) in [6.45, 7) is 1.84. The Balaban J connectivity index is 1.73. The number of carbonyl (C=O) groups is 2. The Morgan fingerprint density at radius 3 is 2.29 bits per heavy atom. The molecule has 0 bridgehead atoms. The number of ether oxygens (including phenoxy) is 3. The number of methoxy groups -OCH3 is 2. The SMILES string of the molecule is COc1cc(OC)cc(OCC(=O)N(Cc2cccc(Br)c2)C(C)C(=O)NC2CCCCC2)c1. The van der Waals surface area contributed by atoms with Crippen molar-refractivity contribution in [1.29, 1.82) is 0 Å². The molecule has 1 saturated carbocycles. The van der Waals surface area contributed by atoms with Crippen LogP contribution < -0.4 is 19.5 Å². The van der Waals surface area contributed by atoms with Gasteiger partial charge in [0.25, 0.3) is 5.91 Å². The normalized spacial score (nSPS) is 14.7. The number of hydrogen-bond donors (Lipinski definition) is 1. The molecule has 1 unspecified atom stereocenters. The number of nitrogens with zero attached hydrogens (tertiary/aromatic N) is 1. The average Bonchev–Trinajstić information content (AvgIpc) is 2.85. The zero-order valence-corrected chi connectivity index (χ0v) is 21.6. The van der Waals surface area contributed by atoms with Crippen LogP contribution in [0.1, 0.15) is 44.6 Å². The van der Waals surface area contributed by atoms with Gasteiger partial charge < -0.3 is 24.4 Å². The van der Waals surface area contributed by atoms with Gasteiger partial charge in [-0.3, -0.25) is 9.59 Å². The number of amides is 2. The smallest absolute Gasteiger partial charge is 0.261 e. The maximum atomic E-state index is 13.3. The Morgan fingerprint density at radius 1 is 1.03 bits per heavy atom. The topological polar surface area (TPSA) is 77.1 Å². The van der Waals surface area contributed by atoms with E-state index in [1.165, 1.54) is 6.42 Å². The minimum atomic E-state index is -0.642. The Hall–Kier alpha value is -2.74. The molecule has 0 heterocycles. The molecule has 3 rings (SSSR count). The summed E-state index contributed by atoms with van der Waals surface area (Å²) in [7, 11) is 3.10. The van der Waals surface area contributed by atoms with Crippen LogP contribution in [-0.2, 0) is 16.1 Å². The molecular formula is C26H33BrN2O5. The van der Waals surface area contributed by atoms with Gasteiger partial charge in [-0.2, -0.15) is 0 Å². The number of nitrogens with one attached hydrogen (secondary N) is 1. The van der Waals surface area contributed by atoms with Gasteiger partial charge in [0.15, 0.2) is 6.61 Å². The van der Waals surface area contributed by atoms with Crippen LogP contribution in [0, 0.1) is 0 Å². The highest BCUT2D eigenvalue weighted by Gasteiger charge is 2.28. The maximum absolute atomic E-state index is 13.3. The standard InChI is InChI=1S/C26H33BrN2O5/c1-18(26(31)28-21-10-5-4-6-11-21)29(16-19-8-7-9-20(27)12-19)25(30)17-34-24-14-22(32-2)13-23(15-24)33-3/h7-9,12-15,18,21H,4-6,10-11,16-17H2,1-3H3,(H,28,31). The molecule has 184 valence electrons. The minimum Gasteiger partial charge on any atom is -0.496 e. The van der Waals surface area contributed by atoms with E-state index in [0.717, 1.165) is 35.7 Å². The van der Waals surface area contributed by atoms with Gasteiger partial charge in [0.05, 0.1) is 14.2 Å². The average molecular weight is 533 g/mol. The summed E-state index contributed by atoms with van der Waals surface area (Å²) in [4.78, 5) is 27.9. The van der Waals surface area contributed by atoms with Gasteiger partial charge in [-0.05, 0) is 37.5 Å². The van der Waals surface area contributed by atoms with Crippen molar-refractivity contribution in [2.45, 2.75) is 57.7 Å². The number of benzene rings is 2. The van der Waals surface area contributed by atoms with Crippen molar-refractivity contribution in [3.8, 4) is 17.2 Å². The Morgan fingerprint density at radius 2 is 1.68 bits per heavy atom. The second-order valence-electron chi connectivity index (χ2n) is 8.51. The van der Waals surface area contributed by atoms with E-state index in [4.69, 9.17) is 14.2 Å². The molecule has 8 heteroatoms. The molecule has 0 radical (unpaired) electrons. The lowest BCUT2D eigenvalue weighted by atomic mass is 9.95. The van der Waals surface area contributed by atoms with Crippen molar-refractivity contribution < 1.29 is 23.8 Å². The third-order valence-electron chi connectivity index (χ3n) is 6.05. The Kier molecular flexibility index (Phi) is 9.62. The molecule has 0 aliphatic heterocycles. The summed E-state index contributed by atoms with van der Waals surface area (Å²) in [5.41, 5.74) is 0.920. The molecule has 1 aliphatic carbocycles. The predicted octanol–water partition coefficient (Wildman–Crippen LogP) is 4.71. The fourth-order valence-corrected chi connectivity index (χ4v) is 4.52. The van der Waals surface area contributed by atoms with Crippen molar-refractivity contribution in [2.75, 3.05) is 20.8 Å². The van der Waals surface area contributed by atoms with Crippen LogP contribution in [0.3, 0.4) is 0 Å². The molecule has 2 aromatic rings. The summed E-state index contributed by atoms with van der Waals surface area (Å²) in [6.07, 6.45) is 5.43.